The van der Waals surface area contributed by atoms with Gasteiger partial charge in [0.25, 0.3) is 0 Å². The molecule has 1 aliphatic carbocycles. The fourth-order valence-electron chi connectivity index (χ4n) is 3.01. The summed E-state index contributed by atoms with van der Waals surface area (Å²) in [6, 6.07) is 0. The van der Waals surface area contributed by atoms with Gasteiger partial charge >= 0.3 is 0 Å². The van der Waals surface area contributed by atoms with Crippen molar-refractivity contribution < 1.29 is 9.53 Å². The van der Waals surface area contributed by atoms with Crippen LogP contribution in [0, 0.1) is 17.3 Å². The summed E-state index contributed by atoms with van der Waals surface area (Å²) in [5.41, 5.74) is 0.247. The van der Waals surface area contributed by atoms with Gasteiger partial charge in [0.2, 0.25) is 0 Å². The Morgan fingerprint density at radius 3 is 2.05 bits per heavy atom. The molecule has 0 aromatic carbocycles. The minimum absolute atomic E-state index is 0.0277. The lowest BCUT2D eigenvalue weighted by Gasteiger charge is -2.29. The summed E-state index contributed by atoms with van der Waals surface area (Å²) in [7, 11) is 0. The molecule has 0 aliphatic heterocycles. The summed E-state index contributed by atoms with van der Waals surface area (Å²) in [4.78, 5) is 12.3. The largest absolute Gasteiger partial charge is 0.376 e. The summed E-state index contributed by atoms with van der Waals surface area (Å²) >= 11 is 0. The molecule has 1 saturated carbocycles. The second-order valence-electron chi connectivity index (χ2n) is 8.99. The van der Waals surface area contributed by atoms with E-state index in [1.54, 1.807) is 0 Å². The number of hydrogen-bond donors (Lipinski definition) is 0. The zero-order chi connectivity index (χ0) is 16.1. The molecule has 1 aliphatic rings. The zero-order valence-electron chi connectivity index (χ0n) is 15.1. The SMILES string of the molecule is CC(C)(C)CCC(=O)C1CCC(CCOC(C)(C)C)CC1. The Bertz CT molecular complexity index is 311. The maximum atomic E-state index is 12.3. The molecule has 0 atom stereocenters. The van der Waals surface area contributed by atoms with Crippen LogP contribution in [0.1, 0.15) is 86.5 Å². The van der Waals surface area contributed by atoms with E-state index >= 15 is 0 Å². The summed E-state index contributed by atoms with van der Waals surface area (Å²) in [6.45, 7) is 13.8. The standard InChI is InChI=1S/C19H36O2/c1-18(2,3)13-11-17(20)16-9-7-15(8-10-16)12-14-21-19(4,5)6/h15-16H,7-14H2,1-6H3. The van der Waals surface area contributed by atoms with Crippen molar-refractivity contribution in [1.29, 1.82) is 0 Å². The zero-order valence-corrected chi connectivity index (χ0v) is 15.1. The van der Waals surface area contributed by atoms with E-state index in [-0.39, 0.29) is 11.0 Å². The minimum Gasteiger partial charge on any atom is -0.376 e. The first-order chi connectivity index (χ1) is 9.57. The van der Waals surface area contributed by atoms with E-state index in [2.05, 4.69) is 41.5 Å². The molecule has 2 nitrogen and oxygen atoms in total. The van der Waals surface area contributed by atoms with Crippen LogP contribution in [0.15, 0.2) is 0 Å². The summed E-state index contributed by atoms with van der Waals surface area (Å²) in [5.74, 6) is 1.61. The lowest BCUT2D eigenvalue weighted by molar-refractivity contribution is -0.124. The van der Waals surface area contributed by atoms with E-state index in [1.807, 2.05) is 0 Å². The second kappa shape index (κ2) is 7.76. The highest BCUT2D eigenvalue weighted by molar-refractivity contribution is 5.81. The van der Waals surface area contributed by atoms with Crippen LogP contribution in [0.25, 0.3) is 0 Å². The smallest absolute Gasteiger partial charge is 0.135 e. The average Bonchev–Trinajstić information content (AvgIpc) is 2.34. The maximum Gasteiger partial charge on any atom is 0.135 e. The highest BCUT2D eigenvalue weighted by Gasteiger charge is 2.27. The van der Waals surface area contributed by atoms with Gasteiger partial charge in [0.15, 0.2) is 0 Å². The van der Waals surface area contributed by atoms with Crippen molar-refractivity contribution in [2.24, 2.45) is 17.3 Å². The molecule has 124 valence electrons. The predicted octanol–water partition coefficient (Wildman–Crippen LogP) is 5.39. The van der Waals surface area contributed by atoms with Gasteiger partial charge in [0.1, 0.15) is 5.78 Å². The van der Waals surface area contributed by atoms with Crippen molar-refractivity contribution in [3.8, 4) is 0 Å². The number of rotatable bonds is 6. The molecule has 21 heavy (non-hydrogen) atoms. The summed E-state index contributed by atoms with van der Waals surface area (Å²) in [6.07, 6.45) is 7.56. The quantitative estimate of drug-likeness (QED) is 0.656. The molecule has 0 saturated heterocycles. The van der Waals surface area contributed by atoms with Crippen molar-refractivity contribution in [3.05, 3.63) is 0 Å². The van der Waals surface area contributed by atoms with Crippen molar-refractivity contribution in [1.82, 2.24) is 0 Å². The van der Waals surface area contributed by atoms with Gasteiger partial charge in [0.05, 0.1) is 5.60 Å². The first-order valence-electron chi connectivity index (χ1n) is 8.73. The molecule has 2 heteroatoms. The Labute approximate surface area is 132 Å². The number of hydrogen-bond acceptors (Lipinski definition) is 2. The monoisotopic (exact) mass is 296 g/mol. The van der Waals surface area contributed by atoms with Gasteiger partial charge < -0.3 is 4.74 Å². The van der Waals surface area contributed by atoms with Crippen molar-refractivity contribution >= 4 is 5.78 Å². The molecular weight excluding hydrogens is 260 g/mol. The molecule has 0 heterocycles. The van der Waals surface area contributed by atoms with Gasteiger partial charge in [0, 0.05) is 18.9 Å². The molecular formula is C19H36O2. The second-order valence-corrected chi connectivity index (χ2v) is 8.99. The molecule has 0 amide bonds. The molecule has 0 bridgehead atoms. The van der Waals surface area contributed by atoms with Crippen LogP contribution >= 0.6 is 0 Å². The minimum atomic E-state index is -0.0277. The topological polar surface area (TPSA) is 26.3 Å². The summed E-state index contributed by atoms with van der Waals surface area (Å²) < 4.78 is 5.82. The third-order valence-electron chi connectivity index (χ3n) is 4.48. The molecule has 0 N–H and O–H groups in total. The van der Waals surface area contributed by atoms with Crippen LogP contribution in [-0.4, -0.2) is 18.0 Å². The predicted molar refractivity (Wildman–Crippen MR) is 89.5 cm³/mol. The van der Waals surface area contributed by atoms with Gasteiger partial charge in [-0.05, 0) is 70.6 Å². The van der Waals surface area contributed by atoms with Gasteiger partial charge in [-0.3, -0.25) is 4.79 Å². The number of carbonyl (C=O) groups excluding carboxylic acids is 1. The Morgan fingerprint density at radius 1 is 1.00 bits per heavy atom. The first kappa shape index (κ1) is 18.7. The Kier molecular flexibility index (Phi) is 6.90. The Hall–Kier alpha value is -0.370. The number of ether oxygens (including phenoxy) is 1. The highest BCUT2D eigenvalue weighted by atomic mass is 16.5. The van der Waals surface area contributed by atoms with Gasteiger partial charge in [-0.15, -0.1) is 0 Å². The van der Waals surface area contributed by atoms with Gasteiger partial charge in [-0.1, -0.05) is 20.8 Å². The van der Waals surface area contributed by atoms with E-state index < -0.39 is 0 Å². The van der Waals surface area contributed by atoms with E-state index in [9.17, 15) is 4.79 Å². The average molecular weight is 296 g/mol. The number of ketones is 1. The van der Waals surface area contributed by atoms with Gasteiger partial charge in [-0.25, -0.2) is 0 Å². The lowest BCUT2D eigenvalue weighted by atomic mass is 9.77. The molecule has 0 aromatic rings. The van der Waals surface area contributed by atoms with E-state index in [1.165, 1.54) is 12.8 Å². The summed E-state index contributed by atoms with van der Waals surface area (Å²) in [5, 5.41) is 0. The normalized spacial score (nSPS) is 24.1. The number of carbonyl (C=O) groups is 1. The van der Waals surface area contributed by atoms with E-state index in [4.69, 9.17) is 4.74 Å². The van der Waals surface area contributed by atoms with Crippen LogP contribution < -0.4 is 0 Å². The van der Waals surface area contributed by atoms with Gasteiger partial charge in [-0.2, -0.15) is 0 Å². The van der Waals surface area contributed by atoms with Crippen molar-refractivity contribution in [2.75, 3.05) is 6.61 Å². The number of Topliss-reactive ketones (excluding diaryl/α,β-unsaturated/α-hetero) is 1. The maximum absolute atomic E-state index is 12.3. The molecule has 0 spiro atoms. The van der Waals surface area contributed by atoms with E-state index in [0.29, 0.717) is 11.7 Å². The molecule has 0 unspecified atom stereocenters. The molecule has 0 aromatic heterocycles. The fraction of sp³-hybridized carbons (Fsp3) is 0.947. The van der Waals surface area contributed by atoms with Crippen LogP contribution in [0.2, 0.25) is 0 Å². The van der Waals surface area contributed by atoms with Crippen LogP contribution in [0.5, 0.6) is 0 Å². The van der Waals surface area contributed by atoms with Crippen LogP contribution in [-0.2, 0) is 9.53 Å². The van der Waals surface area contributed by atoms with Crippen LogP contribution in [0.4, 0.5) is 0 Å². The first-order valence-corrected chi connectivity index (χ1v) is 8.73. The third kappa shape index (κ3) is 8.60. The highest BCUT2D eigenvalue weighted by Crippen LogP contribution is 2.33. The molecule has 0 radical (unpaired) electrons. The third-order valence-corrected chi connectivity index (χ3v) is 4.48. The van der Waals surface area contributed by atoms with E-state index in [0.717, 1.165) is 44.6 Å². The molecule has 1 rings (SSSR count). The fourth-order valence-corrected chi connectivity index (χ4v) is 3.01. The van der Waals surface area contributed by atoms with Crippen LogP contribution in [0.3, 0.4) is 0 Å². The lowest BCUT2D eigenvalue weighted by Crippen LogP contribution is -2.25. The van der Waals surface area contributed by atoms with Crippen molar-refractivity contribution in [2.45, 2.75) is 92.1 Å². The molecule has 1 fully saturated rings. The van der Waals surface area contributed by atoms with Crippen molar-refractivity contribution in [3.63, 3.8) is 0 Å². The Morgan fingerprint density at radius 2 is 1.57 bits per heavy atom. The Balaban J connectivity index is 2.21.